The molecular formula is C15H25NO2. The Bertz CT molecular complexity index is 322. The minimum absolute atomic E-state index is 0.162. The van der Waals surface area contributed by atoms with Crippen molar-refractivity contribution in [3.63, 3.8) is 0 Å². The molecule has 1 rings (SSSR count). The van der Waals surface area contributed by atoms with Crippen LogP contribution >= 0.6 is 0 Å². The lowest BCUT2D eigenvalue weighted by molar-refractivity contribution is 0.213. The van der Waals surface area contributed by atoms with Gasteiger partial charge in [-0.15, -0.1) is 0 Å². The number of rotatable bonds is 8. The Hall–Kier alpha value is -1.22. The van der Waals surface area contributed by atoms with Crippen molar-refractivity contribution in [3.8, 4) is 11.5 Å². The molecule has 0 saturated carbocycles. The Kier molecular flexibility index (Phi) is 6.58. The fourth-order valence-electron chi connectivity index (χ4n) is 1.51. The number of hydrogen-bond donors (Lipinski definition) is 1. The van der Waals surface area contributed by atoms with Gasteiger partial charge in [-0.1, -0.05) is 20.8 Å². The molecule has 0 fully saturated rings. The standard InChI is InChI=1S/C15H25NO2/c1-5-10-17-14-6-8-15(9-7-14)18-13(4)11-16-12(2)3/h6-9,12-13,16H,5,10-11H2,1-4H3. The van der Waals surface area contributed by atoms with Crippen molar-refractivity contribution in [2.45, 2.75) is 46.3 Å². The van der Waals surface area contributed by atoms with Crippen LogP contribution in [0.2, 0.25) is 0 Å². The molecular weight excluding hydrogens is 226 g/mol. The minimum Gasteiger partial charge on any atom is -0.494 e. The van der Waals surface area contributed by atoms with Gasteiger partial charge < -0.3 is 14.8 Å². The van der Waals surface area contributed by atoms with E-state index in [0.717, 1.165) is 31.1 Å². The van der Waals surface area contributed by atoms with Gasteiger partial charge in [0.2, 0.25) is 0 Å². The third kappa shape index (κ3) is 5.92. The Morgan fingerprint density at radius 2 is 1.67 bits per heavy atom. The highest BCUT2D eigenvalue weighted by Gasteiger charge is 2.04. The predicted molar refractivity (Wildman–Crippen MR) is 75.5 cm³/mol. The molecule has 1 aromatic rings. The van der Waals surface area contributed by atoms with Gasteiger partial charge in [-0.2, -0.15) is 0 Å². The molecule has 0 aliphatic heterocycles. The zero-order valence-electron chi connectivity index (χ0n) is 11.9. The van der Waals surface area contributed by atoms with Crippen molar-refractivity contribution in [3.05, 3.63) is 24.3 Å². The summed E-state index contributed by atoms with van der Waals surface area (Å²) in [6, 6.07) is 8.30. The zero-order valence-corrected chi connectivity index (χ0v) is 11.9. The van der Waals surface area contributed by atoms with Crippen molar-refractivity contribution in [1.29, 1.82) is 0 Å². The molecule has 0 radical (unpaired) electrons. The fraction of sp³-hybridized carbons (Fsp3) is 0.600. The topological polar surface area (TPSA) is 30.5 Å². The maximum atomic E-state index is 5.81. The first-order valence-electron chi connectivity index (χ1n) is 6.74. The quantitative estimate of drug-likeness (QED) is 0.769. The van der Waals surface area contributed by atoms with E-state index in [0.29, 0.717) is 6.04 Å². The summed E-state index contributed by atoms with van der Waals surface area (Å²) < 4.78 is 11.3. The van der Waals surface area contributed by atoms with Crippen molar-refractivity contribution in [2.75, 3.05) is 13.2 Å². The number of ether oxygens (including phenoxy) is 2. The highest BCUT2D eigenvalue weighted by Crippen LogP contribution is 2.18. The second kappa shape index (κ2) is 7.98. The first-order valence-corrected chi connectivity index (χ1v) is 6.74. The second-order valence-electron chi connectivity index (χ2n) is 4.81. The average molecular weight is 251 g/mol. The molecule has 1 aromatic carbocycles. The molecule has 0 saturated heterocycles. The van der Waals surface area contributed by atoms with Crippen LogP contribution in [0.3, 0.4) is 0 Å². The lowest BCUT2D eigenvalue weighted by atomic mass is 10.3. The second-order valence-corrected chi connectivity index (χ2v) is 4.81. The normalized spacial score (nSPS) is 12.5. The highest BCUT2D eigenvalue weighted by molar-refractivity contribution is 5.31. The van der Waals surface area contributed by atoms with Gasteiger partial charge in [0, 0.05) is 12.6 Å². The molecule has 0 aromatic heterocycles. The average Bonchev–Trinajstić information content (AvgIpc) is 2.35. The van der Waals surface area contributed by atoms with Gasteiger partial charge in [-0.25, -0.2) is 0 Å². The molecule has 3 nitrogen and oxygen atoms in total. The van der Waals surface area contributed by atoms with Gasteiger partial charge in [0.25, 0.3) is 0 Å². The summed E-state index contributed by atoms with van der Waals surface area (Å²) in [6.07, 6.45) is 1.19. The Balaban J connectivity index is 2.38. The summed E-state index contributed by atoms with van der Waals surface area (Å²) in [4.78, 5) is 0. The van der Waals surface area contributed by atoms with Crippen LogP contribution in [0, 0.1) is 0 Å². The summed E-state index contributed by atoms with van der Waals surface area (Å²) in [5.74, 6) is 1.79. The lowest BCUT2D eigenvalue weighted by Crippen LogP contribution is -2.33. The molecule has 0 spiro atoms. The summed E-state index contributed by atoms with van der Waals surface area (Å²) in [6.45, 7) is 10.0. The third-order valence-corrected chi connectivity index (χ3v) is 2.45. The first-order chi connectivity index (χ1) is 8.61. The van der Waals surface area contributed by atoms with E-state index < -0.39 is 0 Å². The molecule has 0 aliphatic carbocycles. The number of benzene rings is 1. The summed E-state index contributed by atoms with van der Waals surface area (Å²) >= 11 is 0. The Labute approximate surface area is 110 Å². The van der Waals surface area contributed by atoms with E-state index in [9.17, 15) is 0 Å². The van der Waals surface area contributed by atoms with Gasteiger partial charge in [0.05, 0.1) is 6.61 Å². The van der Waals surface area contributed by atoms with Crippen LogP contribution in [-0.2, 0) is 0 Å². The fourth-order valence-corrected chi connectivity index (χ4v) is 1.51. The smallest absolute Gasteiger partial charge is 0.120 e. The van der Waals surface area contributed by atoms with E-state index in [4.69, 9.17) is 9.47 Å². The van der Waals surface area contributed by atoms with E-state index in [1.165, 1.54) is 0 Å². The molecule has 0 heterocycles. The molecule has 18 heavy (non-hydrogen) atoms. The molecule has 1 N–H and O–H groups in total. The predicted octanol–water partition coefficient (Wildman–Crippen LogP) is 3.24. The molecule has 1 unspecified atom stereocenters. The van der Waals surface area contributed by atoms with Gasteiger partial charge in [0.1, 0.15) is 17.6 Å². The molecule has 102 valence electrons. The SMILES string of the molecule is CCCOc1ccc(OC(C)CNC(C)C)cc1. The Morgan fingerprint density at radius 1 is 1.06 bits per heavy atom. The highest BCUT2D eigenvalue weighted by atomic mass is 16.5. The van der Waals surface area contributed by atoms with E-state index >= 15 is 0 Å². The van der Waals surface area contributed by atoms with Gasteiger partial charge >= 0.3 is 0 Å². The van der Waals surface area contributed by atoms with Crippen LogP contribution in [0.15, 0.2) is 24.3 Å². The van der Waals surface area contributed by atoms with Crippen LogP contribution in [0.25, 0.3) is 0 Å². The largest absolute Gasteiger partial charge is 0.494 e. The van der Waals surface area contributed by atoms with E-state index in [-0.39, 0.29) is 6.10 Å². The summed E-state index contributed by atoms with van der Waals surface area (Å²) in [5, 5.41) is 3.36. The van der Waals surface area contributed by atoms with Gasteiger partial charge in [0.15, 0.2) is 0 Å². The lowest BCUT2D eigenvalue weighted by Gasteiger charge is -2.17. The summed E-state index contributed by atoms with van der Waals surface area (Å²) in [7, 11) is 0. The van der Waals surface area contributed by atoms with Crippen LogP contribution in [-0.4, -0.2) is 25.3 Å². The molecule has 0 bridgehead atoms. The number of hydrogen-bond acceptors (Lipinski definition) is 3. The molecule has 0 amide bonds. The van der Waals surface area contributed by atoms with Crippen LogP contribution in [0.4, 0.5) is 0 Å². The maximum absolute atomic E-state index is 5.81. The van der Waals surface area contributed by atoms with Gasteiger partial charge in [-0.3, -0.25) is 0 Å². The maximum Gasteiger partial charge on any atom is 0.120 e. The Morgan fingerprint density at radius 3 is 2.22 bits per heavy atom. The monoisotopic (exact) mass is 251 g/mol. The first kappa shape index (κ1) is 14.8. The molecule has 0 aliphatic rings. The summed E-state index contributed by atoms with van der Waals surface area (Å²) in [5.41, 5.74) is 0. The van der Waals surface area contributed by atoms with Crippen molar-refractivity contribution in [1.82, 2.24) is 5.32 Å². The molecule has 3 heteroatoms. The van der Waals surface area contributed by atoms with Crippen molar-refractivity contribution < 1.29 is 9.47 Å². The van der Waals surface area contributed by atoms with Crippen LogP contribution in [0.1, 0.15) is 34.1 Å². The zero-order chi connectivity index (χ0) is 13.4. The van der Waals surface area contributed by atoms with Crippen molar-refractivity contribution in [2.24, 2.45) is 0 Å². The van der Waals surface area contributed by atoms with E-state index in [1.54, 1.807) is 0 Å². The van der Waals surface area contributed by atoms with Crippen LogP contribution in [0.5, 0.6) is 11.5 Å². The van der Waals surface area contributed by atoms with Crippen LogP contribution < -0.4 is 14.8 Å². The minimum atomic E-state index is 0.162. The van der Waals surface area contributed by atoms with Gasteiger partial charge in [-0.05, 0) is 37.6 Å². The van der Waals surface area contributed by atoms with Crippen molar-refractivity contribution >= 4 is 0 Å². The van der Waals surface area contributed by atoms with E-state index in [2.05, 4.69) is 33.0 Å². The number of nitrogens with one attached hydrogen (secondary N) is 1. The third-order valence-electron chi connectivity index (χ3n) is 2.45. The van der Waals surface area contributed by atoms with E-state index in [1.807, 2.05) is 24.3 Å². The molecule has 1 atom stereocenters.